The minimum Gasteiger partial charge on any atom is -0.368 e. The molecular weight excluding hydrogens is 324 g/mol. The van der Waals surface area contributed by atoms with Gasteiger partial charge in [0.05, 0.1) is 5.69 Å². The fraction of sp³-hybridized carbons (Fsp3) is 0.706. The third-order valence-corrected chi connectivity index (χ3v) is 4.67. The summed E-state index contributed by atoms with van der Waals surface area (Å²) in [5, 5.41) is 4.13. The zero-order valence-electron chi connectivity index (χ0n) is 15.5. The number of rotatable bonds is 8. The molecule has 0 aromatic carbocycles. The molecule has 0 aliphatic heterocycles. The Bertz CT molecular complexity index is 640. The van der Waals surface area contributed by atoms with Gasteiger partial charge in [0.15, 0.2) is 0 Å². The predicted octanol–water partition coefficient (Wildman–Crippen LogP) is 1.34. The molecule has 0 aliphatic rings. The summed E-state index contributed by atoms with van der Waals surface area (Å²) in [5.74, 6) is -0.239. The molecule has 0 radical (unpaired) electrons. The number of hydrogen-bond donors (Lipinski definition) is 2. The van der Waals surface area contributed by atoms with Gasteiger partial charge in [-0.3, -0.25) is 9.59 Å². The van der Waals surface area contributed by atoms with Crippen molar-refractivity contribution in [3.8, 4) is 0 Å². The normalized spacial score (nSPS) is 14.2. The minimum absolute atomic E-state index is 0.271. The molecule has 6 nitrogen and oxygen atoms in total. The topological polar surface area (TPSA) is 81.2 Å². The third-order valence-electron chi connectivity index (χ3n) is 4.18. The maximum Gasteiger partial charge on any atom is 0.270 e. The first-order valence-electron chi connectivity index (χ1n) is 8.27. The number of carbonyl (C=O) groups excluding carboxylic acids is 1. The number of nitrogens with two attached hydrogens (primary N) is 1. The molecule has 0 saturated heterocycles. The Morgan fingerprint density at radius 2 is 1.88 bits per heavy atom. The van der Waals surface area contributed by atoms with Gasteiger partial charge in [-0.1, -0.05) is 13.8 Å². The Morgan fingerprint density at radius 3 is 2.33 bits per heavy atom. The molecule has 1 heterocycles. The van der Waals surface area contributed by atoms with Crippen molar-refractivity contribution in [1.82, 2.24) is 14.7 Å². The highest BCUT2D eigenvalue weighted by Crippen LogP contribution is 2.22. The number of amides is 1. The van der Waals surface area contributed by atoms with Gasteiger partial charge in [0.1, 0.15) is 6.04 Å². The Labute approximate surface area is 149 Å². The summed E-state index contributed by atoms with van der Waals surface area (Å²) in [6.07, 6.45) is 1.37. The van der Waals surface area contributed by atoms with Crippen molar-refractivity contribution < 1.29 is 4.79 Å². The second-order valence-corrected chi connectivity index (χ2v) is 7.71. The van der Waals surface area contributed by atoms with Crippen LogP contribution in [0.15, 0.2) is 4.79 Å². The maximum absolute atomic E-state index is 12.7. The van der Waals surface area contributed by atoms with E-state index in [-0.39, 0.29) is 10.8 Å². The van der Waals surface area contributed by atoms with E-state index in [2.05, 4.69) is 22.6 Å². The van der Waals surface area contributed by atoms with Gasteiger partial charge < -0.3 is 10.6 Å². The maximum atomic E-state index is 12.7. The van der Waals surface area contributed by atoms with Crippen LogP contribution >= 0.6 is 12.6 Å². The second kappa shape index (κ2) is 8.67. The second-order valence-electron chi connectivity index (χ2n) is 7.04. The monoisotopic (exact) mass is 354 g/mol. The van der Waals surface area contributed by atoms with Gasteiger partial charge in [-0.05, 0) is 45.8 Å². The summed E-state index contributed by atoms with van der Waals surface area (Å²) in [6, 6.07) is -0.847. The Balaban J connectivity index is 3.37. The first kappa shape index (κ1) is 20.7. The molecule has 1 rings (SSSR count). The molecule has 2 unspecified atom stereocenters. The van der Waals surface area contributed by atoms with Gasteiger partial charge in [-0.25, -0.2) is 4.68 Å². The number of primary amides is 1. The minimum atomic E-state index is -0.847. The van der Waals surface area contributed by atoms with E-state index in [0.29, 0.717) is 24.3 Å². The zero-order chi connectivity index (χ0) is 18.6. The average molecular weight is 355 g/mol. The number of carbonyl (C=O) groups is 1. The summed E-state index contributed by atoms with van der Waals surface area (Å²) in [5.41, 5.74) is 7.61. The van der Waals surface area contributed by atoms with Crippen LogP contribution in [0.25, 0.3) is 0 Å². The number of likely N-dealkylation sites (N-methyl/N-ethyl adjacent to an activating group) is 1. The molecule has 2 N–H and O–H groups in total. The Morgan fingerprint density at radius 1 is 1.29 bits per heavy atom. The van der Waals surface area contributed by atoms with Crippen LogP contribution in [-0.4, -0.2) is 46.5 Å². The molecule has 1 amide bonds. The van der Waals surface area contributed by atoms with Crippen molar-refractivity contribution in [2.75, 3.05) is 20.6 Å². The van der Waals surface area contributed by atoms with Crippen LogP contribution in [0.3, 0.4) is 0 Å². The number of nitrogens with zero attached hydrogens (tertiary/aromatic N) is 3. The van der Waals surface area contributed by atoms with Gasteiger partial charge in [-0.2, -0.15) is 17.7 Å². The lowest BCUT2D eigenvalue weighted by Gasteiger charge is -2.24. The lowest BCUT2D eigenvalue weighted by molar-refractivity contribution is -0.121. The molecule has 24 heavy (non-hydrogen) atoms. The standard InChI is InChI=1S/C17H30N4O2S/c1-10(2)9-14(24)15(16(18)22)21-17(23)12(4)11(3)13(19-21)7-8-20(5)6/h10,14-15,24H,7-9H2,1-6H3,(H2,18,22). The molecule has 1 aromatic heterocycles. The molecular formula is C17H30N4O2S. The zero-order valence-corrected chi connectivity index (χ0v) is 16.4. The first-order valence-corrected chi connectivity index (χ1v) is 8.78. The van der Waals surface area contributed by atoms with Crippen LogP contribution < -0.4 is 11.3 Å². The van der Waals surface area contributed by atoms with Crippen molar-refractivity contribution in [3.63, 3.8) is 0 Å². The molecule has 0 bridgehead atoms. The summed E-state index contributed by atoms with van der Waals surface area (Å²) >= 11 is 4.53. The largest absolute Gasteiger partial charge is 0.368 e. The van der Waals surface area contributed by atoms with E-state index in [1.807, 2.05) is 34.9 Å². The Kier molecular flexibility index (Phi) is 7.48. The van der Waals surface area contributed by atoms with E-state index in [4.69, 9.17) is 5.73 Å². The average Bonchev–Trinajstić information content (AvgIpc) is 2.45. The van der Waals surface area contributed by atoms with Crippen LogP contribution in [0.4, 0.5) is 0 Å². The third kappa shape index (κ3) is 5.08. The van der Waals surface area contributed by atoms with Crippen LogP contribution in [0.1, 0.15) is 43.1 Å². The van der Waals surface area contributed by atoms with Crippen LogP contribution in [-0.2, 0) is 11.2 Å². The summed E-state index contributed by atoms with van der Waals surface area (Å²) in [7, 11) is 3.97. The highest BCUT2D eigenvalue weighted by atomic mass is 32.1. The van der Waals surface area contributed by atoms with Crippen LogP contribution in [0.2, 0.25) is 0 Å². The fourth-order valence-corrected chi connectivity index (χ4v) is 3.33. The molecule has 0 aliphatic carbocycles. The van der Waals surface area contributed by atoms with Gasteiger partial charge >= 0.3 is 0 Å². The van der Waals surface area contributed by atoms with E-state index in [1.54, 1.807) is 6.92 Å². The highest BCUT2D eigenvalue weighted by molar-refractivity contribution is 7.81. The van der Waals surface area contributed by atoms with Gasteiger partial charge in [0.2, 0.25) is 5.91 Å². The fourth-order valence-electron chi connectivity index (χ4n) is 2.64. The van der Waals surface area contributed by atoms with Gasteiger partial charge in [0, 0.05) is 23.8 Å². The Hall–Kier alpha value is -1.34. The van der Waals surface area contributed by atoms with E-state index >= 15 is 0 Å². The number of aromatic nitrogens is 2. The van der Waals surface area contributed by atoms with E-state index in [1.165, 1.54) is 4.68 Å². The summed E-state index contributed by atoms with van der Waals surface area (Å²) in [6.45, 7) is 8.55. The summed E-state index contributed by atoms with van der Waals surface area (Å²) in [4.78, 5) is 26.7. The molecule has 0 fully saturated rings. The SMILES string of the molecule is Cc1c(CCN(C)C)nn(C(C(N)=O)C(S)CC(C)C)c(=O)c1C. The lowest BCUT2D eigenvalue weighted by Crippen LogP contribution is -2.42. The predicted molar refractivity (Wildman–Crippen MR) is 101 cm³/mol. The van der Waals surface area contributed by atoms with E-state index in [9.17, 15) is 9.59 Å². The van der Waals surface area contributed by atoms with Crippen molar-refractivity contribution >= 4 is 18.5 Å². The van der Waals surface area contributed by atoms with Gasteiger partial charge in [0.25, 0.3) is 5.56 Å². The van der Waals surface area contributed by atoms with E-state index < -0.39 is 11.9 Å². The highest BCUT2D eigenvalue weighted by Gasteiger charge is 2.29. The molecule has 136 valence electrons. The van der Waals surface area contributed by atoms with Crippen molar-refractivity contribution in [2.45, 2.75) is 51.8 Å². The van der Waals surface area contributed by atoms with Crippen molar-refractivity contribution in [2.24, 2.45) is 11.7 Å². The lowest BCUT2D eigenvalue weighted by atomic mass is 10.0. The van der Waals surface area contributed by atoms with Gasteiger partial charge in [-0.15, -0.1) is 0 Å². The smallest absolute Gasteiger partial charge is 0.270 e. The van der Waals surface area contributed by atoms with Crippen LogP contribution in [0, 0.1) is 19.8 Å². The number of thiol groups is 1. The molecule has 2 atom stereocenters. The molecule has 1 aromatic rings. The first-order chi connectivity index (χ1) is 11.1. The number of hydrogen-bond acceptors (Lipinski definition) is 5. The summed E-state index contributed by atoms with van der Waals surface area (Å²) < 4.78 is 1.25. The van der Waals surface area contributed by atoms with Crippen molar-refractivity contribution in [1.29, 1.82) is 0 Å². The quantitative estimate of drug-likeness (QED) is 0.690. The molecule has 7 heteroatoms. The van der Waals surface area contributed by atoms with Crippen molar-refractivity contribution in [3.05, 3.63) is 27.2 Å². The molecule has 0 spiro atoms. The van der Waals surface area contributed by atoms with E-state index in [0.717, 1.165) is 17.8 Å². The molecule has 0 saturated carbocycles. The van der Waals surface area contributed by atoms with Crippen LogP contribution in [0.5, 0.6) is 0 Å².